The first-order valence-corrected chi connectivity index (χ1v) is 9.28. The highest BCUT2D eigenvalue weighted by Gasteiger charge is 2.42. The summed E-state index contributed by atoms with van der Waals surface area (Å²) in [5.41, 5.74) is 0. The number of likely N-dealkylation sites (tertiary alicyclic amines) is 1. The van der Waals surface area contributed by atoms with Gasteiger partial charge in [0.05, 0.1) is 5.92 Å². The Labute approximate surface area is 133 Å². The van der Waals surface area contributed by atoms with E-state index >= 15 is 0 Å². The molecule has 0 unspecified atom stereocenters. The molecule has 2 saturated heterocycles. The van der Waals surface area contributed by atoms with E-state index < -0.39 is 0 Å². The number of nitrogens with one attached hydrogen (secondary N) is 1. The van der Waals surface area contributed by atoms with E-state index in [9.17, 15) is 9.59 Å². The van der Waals surface area contributed by atoms with Crippen molar-refractivity contribution in [1.82, 2.24) is 10.2 Å². The van der Waals surface area contributed by atoms with E-state index in [1.165, 1.54) is 38.5 Å². The van der Waals surface area contributed by atoms with Gasteiger partial charge in [0.25, 0.3) is 0 Å². The fourth-order valence-corrected chi connectivity index (χ4v) is 5.56. The number of fused-ring (bicyclic) bond motifs is 2. The lowest BCUT2D eigenvalue weighted by molar-refractivity contribution is -0.138. The van der Waals surface area contributed by atoms with Crippen LogP contribution in [0, 0.1) is 23.7 Å². The number of hydrogen-bond donors (Lipinski definition) is 1. The standard InChI is InChI=1S/C18H28N2O2/c21-17-6-5-14(11-19-17)18(22)20-7-1-2-16(20)10-15-9-12-3-4-13(15)8-12/h12-16H,1-11H2,(H,19,21)/t12-,13-,14+,15+,16+/m1/s1. The Morgan fingerprint density at radius 2 is 2.09 bits per heavy atom. The Morgan fingerprint density at radius 3 is 2.77 bits per heavy atom. The number of hydrogen-bond acceptors (Lipinski definition) is 2. The van der Waals surface area contributed by atoms with E-state index in [1.54, 1.807) is 0 Å². The van der Waals surface area contributed by atoms with Gasteiger partial charge in [0.15, 0.2) is 0 Å². The molecule has 5 atom stereocenters. The topological polar surface area (TPSA) is 49.4 Å². The van der Waals surface area contributed by atoms with Crippen LogP contribution in [0.2, 0.25) is 0 Å². The minimum Gasteiger partial charge on any atom is -0.355 e. The quantitative estimate of drug-likeness (QED) is 0.870. The molecule has 4 rings (SSSR count). The van der Waals surface area contributed by atoms with Gasteiger partial charge in [0, 0.05) is 25.6 Å². The summed E-state index contributed by atoms with van der Waals surface area (Å²) >= 11 is 0. The highest BCUT2D eigenvalue weighted by Crippen LogP contribution is 2.50. The molecule has 1 N–H and O–H groups in total. The van der Waals surface area contributed by atoms with Crippen LogP contribution in [-0.4, -0.2) is 35.8 Å². The van der Waals surface area contributed by atoms with E-state index in [0.717, 1.165) is 37.1 Å². The number of carbonyl (C=O) groups is 2. The van der Waals surface area contributed by atoms with Crippen molar-refractivity contribution in [3.8, 4) is 0 Å². The van der Waals surface area contributed by atoms with Crippen LogP contribution in [0.5, 0.6) is 0 Å². The van der Waals surface area contributed by atoms with Gasteiger partial charge in [0.2, 0.25) is 11.8 Å². The van der Waals surface area contributed by atoms with Crippen LogP contribution in [0.15, 0.2) is 0 Å². The van der Waals surface area contributed by atoms with E-state index in [-0.39, 0.29) is 11.8 Å². The van der Waals surface area contributed by atoms with Crippen LogP contribution in [0.3, 0.4) is 0 Å². The zero-order chi connectivity index (χ0) is 15.1. The number of carbonyl (C=O) groups excluding carboxylic acids is 2. The Kier molecular flexibility index (Phi) is 3.87. The molecular weight excluding hydrogens is 276 g/mol. The number of amides is 2. The average molecular weight is 304 g/mol. The van der Waals surface area contributed by atoms with Crippen molar-refractivity contribution < 1.29 is 9.59 Å². The van der Waals surface area contributed by atoms with Crippen molar-refractivity contribution in [3.05, 3.63) is 0 Å². The third-order valence-corrected chi connectivity index (χ3v) is 6.73. The SMILES string of the molecule is O=C1CC[C@H](C(=O)N2CCC[C@H]2C[C@@H]2C[C@@H]3CC[C@@H]2C3)CN1. The second-order valence-corrected chi connectivity index (χ2v) is 8.04. The molecule has 0 radical (unpaired) electrons. The molecule has 0 aromatic heterocycles. The first kappa shape index (κ1) is 14.5. The normalized spacial score (nSPS) is 41.0. The Hall–Kier alpha value is -1.06. The molecule has 2 heterocycles. The molecule has 4 nitrogen and oxygen atoms in total. The number of nitrogens with zero attached hydrogens (tertiary/aromatic N) is 1. The minimum absolute atomic E-state index is 0.0262. The zero-order valence-corrected chi connectivity index (χ0v) is 13.4. The summed E-state index contributed by atoms with van der Waals surface area (Å²) in [6.07, 6.45) is 10.6. The summed E-state index contributed by atoms with van der Waals surface area (Å²) in [7, 11) is 0. The first-order chi connectivity index (χ1) is 10.7. The highest BCUT2D eigenvalue weighted by molar-refractivity contribution is 5.84. The van der Waals surface area contributed by atoms with Gasteiger partial charge in [-0.15, -0.1) is 0 Å². The molecule has 2 bridgehead atoms. The zero-order valence-electron chi connectivity index (χ0n) is 13.4. The molecule has 4 fully saturated rings. The predicted molar refractivity (Wildman–Crippen MR) is 84.0 cm³/mol. The molecule has 0 aromatic carbocycles. The molecule has 2 aliphatic carbocycles. The van der Waals surface area contributed by atoms with Gasteiger partial charge >= 0.3 is 0 Å². The third-order valence-electron chi connectivity index (χ3n) is 6.73. The van der Waals surface area contributed by atoms with Gasteiger partial charge in [-0.25, -0.2) is 0 Å². The Morgan fingerprint density at radius 1 is 1.18 bits per heavy atom. The maximum atomic E-state index is 12.8. The van der Waals surface area contributed by atoms with E-state index in [2.05, 4.69) is 10.2 Å². The van der Waals surface area contributed by atoms with Crippen molar-refractivity contribution in [2.75, 3.05) is 13.1 Å². The van der Waals surface area contributed by atoms with Crippen molar-refractivity contribution in [2.24, 2.45) is 23.7 Å². The molecule has 0 spiro atoms. The number of piperidine rings is 1. The molecule has 2 amide bonds. The lowest BCUT2D eigenvalue weighted by Crippen LogP contribution is -2.46. The molecule has 2 saturated carbocycles. The van der Waals surface area contributed by atoms with Crippen LogP contribution in [-0.2, 0) is 9.59 Å². The van der Waals surface area contributed by atoms with Crippen molar-refractivity contribution in [2.45, 2.75) is 63.8 Å². The van der Waals surface area contributed by atoms with E-state index in [0.29, 0.717) is 24.9 Å². The summed E-state index contributed by atoms with van der Waals surface area (Å²) in [6.45, 7) is 1.49. The van der Waals surface area contributed by atoms with Gasteiger partial charge in [0.1, 0.15) is 0 Å². The third kappa shape index (κ3) is 2.65. The van der Waals surface area contributed by atoms with Crippen molar-refractivity contribution in [1.29, 1.82) is 0 Å². The van der Waals surface area contributed by atoms with Gasteiger partial charge in [-0.05, 0) is 62.7 Å². The highest BCUT2D eigenvalue weighted by atomic mass is 16.2. The van der Waals surface area contributed by atoms with Crippen LogP contribution in [0.1, 0.15) is 57.8 Å². The fourth-order valence-electron chi connectivity index (χ4n) is 5.56. The molecule has 0 aromatic rings. The summed E-state index contributed by atoms with van der Waals surface area (Å²) in [4.78, 5) is 26.3. The van der Waals surface area contributed by atoms with Crippen molar-refractivity contribution in [3.63, 3.8) is 0 Å². The van der Waals surface area contributed by atoms with Gasteiger partial charge in [-0.2, -0.15) is 0 Å². The predicted octanol–water partition coefficient (Wildman–Crippen LogP) is 2.33. The Bertz CT molecular complexity index is 454. The van der Waals surface area contributed by atoms with Crippen LogP contribution < -0.4 is 5.32 Å². The second kappa shape index (κ2) is 5.86. The second-order valence-electron chi connectivity index (χ2n) is 8.04. The summed E-state index contributed by atoms with van der Waals surface area (Å²) < 4.78 is 0. The lowest BCUT2D eigenvalue weighted by Gasteiger charge is -2.33. The first-order valence-electron chi connectivity index (χ1n) is 9.28. The molecule has 2 aliphatic heterocycles. The van der Waals surface area contributed by atoms with Gasteiger partial charge in [-0.3, -0.25) is 9.59 Å². The smallest absolute Gasteiger partial charge is 0.227 e. The molecule has 4 heteroatoms. The summed E-state index contributed by atoms with van der Waals surface area (Å²) in [6, 6.07) is 0.481. The molecule has 122 valence electrons. The average Bonchev–Trinajstić information content (AvgIpc) is 3.24. The van der Waals surface area contributed by atoms with Crippen LogP contribution in [0.4, 0.5) is 0 Å². The maximum Gasteiger partial charge on any atom is 0.227 e. The fraction of sp³-hybridized carbons (Fsp3) is 0.889. The van der Waals surface area contributed by atoms with E-state index in [1.807, 2.05) is 0 Å². The maximum absolute atomic E-state index is 12.8. The van der Waals surface area contributed by atoms with Gasteiger partial charge < -0.3 is 10.2 Å². The molecule has 22 heavy (non-hydrogen) atoms. The van der Waals surface area contributed by atoms with Crippen LogP contribution in [0.25, 0.3) is 0 Å². The molecular formula is C18H28N2O2. The number of rotatable bonds is 3. The van der Waals surface area contributed by atoms with Crippen molar-refractivity contribution >= 4 is 11.8 Å². The Balaban J connectivity index is 1.36. The minimum atomic E-state index is 0.0262. The lowest BCUT2D eigenvalue weighted by atomic mass is 9.83. The monoisotopic (exact) mass is 304 g/mol. The van der Waals surface area contributed by atoms with E-state index in [4.69, 9.17) is 0 Å². The summed E-state index contributed by atoms with van der Waals surface area (Å²) in [5, 5.41) is 2.86. The van der Waals surface area contributed by atoms with Crippen LogP contribution >= 0.6 is 0 Å². The largest absolute Gasteiger partial charge is 0.355 e. The molecule has 4 aliphatic rings. The van der Waals surface area contributed by atoms with Gasteiger partial charge in [-0.1, -0.05) is 6.42 Å². The summed E-state index contributed by atoms with van der Waals surface area (Å²) in [5.74, 6) is 3.27.